The smallest absolute Gasteiger partial charge is 0.0171 e. The summed E-state index contributed by atoms with van der Waals surface area (Å²) in [6.07, 6.45) is 7.29. The fourth-order valence-electron chi connectivity index (χ4n) is 6.42. The lowest BCUT2D eigenvalue weighted by molar-refractivity contribution is 0.553. The molecule has 0 unspecified atom stereocenters. The van der Waals surface area contributed by atoms with Gasteiger partial charge in [-0.3, -0.25) is 0 Å². The third-order valence-electron chi connectivity index (χ3n) is 9.76. The van der Waals surface area contributed by atoms with E-state index in [9.17, 15) is 0 Å². The van der Waals surface area contributed by atoms with Crippen molar-refractivity contribution in [1.29, 1.82) is 0 Å². The second-order valence-electron chi connectivity index (χ2n) is 20.7. The van der Waals surface area contributed by atoms with Gasteiger partial charge in [-0.2, -0.15) is 0 Å². The van der Waals surface area contributed by atoms with E-state index in [0.717, 1.165) is 12.8 Å². The van der Waals surface area contributed by atoms with Crippen LogP contribution in [0.4, 0.5) is 0 Å². The van der Waals surface area contributed by atoms with Crippen LogP contribution in [0.2, 0.25) is 0 Å². The van der Waals surface area contributed by atoms with Gasteiger partial charge in [-0.1, -0.05) is 173 Å². The van der Waals surface area contributed by atoms with Gasteiger partial charge in [0.2, 0.25) is 0 Å². The van der Waals surface area contributed by atoms with E-state index >= 15 is 0 Å². The van der Waals surface area contributed by atoms with Gasteiger partial charge < -0.3 is 0 Å². The molecule has 0 atom stereocenters. The molecule has 0 amide bonds. The summed E-state index contributed by atoms with van der Waals surface area (Å²) in [7, 11) is 2.39. The number of rotatable bonds is 2. The molecule has 0 aromatic heterocycles. The van der Waals surface area contributed by atoms with Crippen molar-refractivity contribution < 1.29 is 0 Å². The van der Waals surface area contributed by atoms with Crippen molar-refractivity contribution in [2.24, 2.45) is 0 Å². The molecular formula is C46H70P2. The normalized spacial score (nSPS) is 16.1. The van der Waals surface area contributed by atoms with E-state index in [1.54, 1.807) is 0 Å². The average Bonchev–Trinajstić information content (AvgIpc) is 2.88. The topological polar surface area (TPSA) is 0 Å². The van der Waals surface area contributed by atoms with Gasteiger partial charge in [-0.15, -0.1) is 0 Å². The summed E-state index contributed by atoms with van der Waals surface area (Å²) in [5.41, 5.74) is 20.1. The van der Waals surface area contributed by atoms with Gasteiger partial charge in [0.25, 0.3) is 0 Å². The first kappa shape index (κ1) is 40.8. The van der Waals surface area contributed by atoms with Crippen LogP contribution < -0.4 is 10.6 Å². The Morgan fingerprint density at radius 3 is 0.833 bits per heavy atom. The van der Waals surface area contributed by atoms with Crippen molar-refractivity contribution in [1.82, 2.24) is 0 Å². The van der Waals surface area contributed by atoms with Crippen LogP contribution in [0.15, 0.2) is 35.4 Å². The zero-order valence-corrected chi connectivity index (χ0v) is 36.2. The summed E-state index contributed by atoms with van der Waals surface area (Å²) in [5, 5.41) is 2.91. The zero-order chi connectivity index (χ0) is 36.7. The lowest BCUT2D eigenvalue weighted by Gasteiger charge is -2.32. The number of hydrogen-bond acceptors (Lipinski definition) is 0. The molecule has 1 fully saturated rings. The highest BCUT2D eigenvalue weighted by Crippen LogP contribution is 2.37. The van der Waals surface area contributed by atoms with E-state index in [-0.39, 0.29) is 32.5 Å². The molecule has 0 bridgehead atoms. The van der Waals surface area contributed by atoms with Crippen LogP contribution in [0.5, 0.6) is 0 Å². The van der Waals surface area contributed by atoms with Crippen molar-refractivity contribution in [2.45, 2.75) is 196 Å². The van der Waals surface area contributed by atoms with Gasteiger partial charge in [0, 0.05) is 21.8 Å². The third-order valence-corrected chi connectivity index (χ3v) is 11.9. The summed E-state index contributed by atoms with van der Waals surface area (Å²) < 4.78 is 0. The first-order valence-electron chi connectivity index (χ1n) is 18.7. The Morgan fingerprint density at radius 2 is 0.625 bits per heavy atom. The fourth-order valence-corrected chi connectivity index (χ4v) is 9.48. The first-order valence-corrected chi connectivity index (χ1v) is 20.4. The van der Waals surface area contributed by atoms with E-state index < -0.39 is 0 Å². The molecule has 3 rings (SSSR count). The average molecular weight is 685 g/mol. The van der Waals surface area contributed by atoms with Crippen molar-refractivity contribution in [3.8, 4) is 0 Å². The molecule has 2 aromatic carbocycles. The fraction of sp³-hybridized carbons (Fsp3) is 0.652. The van der Waals surface area contributed by atoms with Gasteiger partial charge in [0.05, 0.1) is 0 Å². The minimum Gasteiger partial charge on any atom is -0.0841 e. The lowest BCUT2D eigenvalue weighted by atomic mass is 9.75. The standard InChI is InChI=1S/C46H70P2/c1-41(2,3)33-25-35(43(7,8)9)39(36(26-33)44(10,11)12)47-29-31-23-21-19-20-22-24-32(31)30-48-40-37(45(13,14)15)27-34(42(4,5)6)28-38(40)46(16,17)18/h25-28H,19-24H2,1-18H3. The molecule has 2 aromatic rings. The molecule has 1 aliphatic carbocycles. The van der Waals surface area contributed by atoms with E-state index in [0.29, 0.717) is 0 Å². The molecule has 2 heteroatoms. The Bertz CT molecular complexity index is 1410. The van der Waals surface area contributed by atoms with Gasteiger partial charge in [0.15, 0.2) is 0 Å². The van der Waals surface area contributed by atoms with Crippen molar-refractivity contribution >= 4 is 37.9 Å². The van der Waals surface area contributed by atoms with Crippen LogP contribution in [-0.2, 0) is 32.5 Å². The second-order valence-corrected chi connectivity index (χ2v) is 22.4. The summed E-state index contributed by atoms with van der Waals surface area (Å²) in [5.74, 6) is 0. The molecule has 0 nitrogen and oxygen atoms in total. The number of allylic oxidation sites excluding steroid dienone is 2. The zero-order valence-electron chi connectivity index (χ0n) is 34.4. The summed E-state index contributed by atoms with van der Waals surface area (Å²) in [6.45, 7) is 42.7. The second kappa shape index (κ2) is 14.5. The van der Waals surface area contributed by atoms with Crippen LogP contribution >= 0.6 is 16.4 Å². The van der Waals surface area contributed by atoms with Crippen molar-refractivity contribution in [3.63, 3.8) is 0 Å². The molecule has 0 heterocycles. The molecule has 0 aliphatic heterocycles. The Morgan fingerprint density at radius 1 is 0.375 bits per heavy atom. The largest absolute Gasteiger partial charge is 0.0841 e. The Kier molecular flexibility index (Phi) is 12.3. The maximum absolute atomic E-state index is 4.08. The van der Waals surface area contributed by atoms with Crippen LogP contribution in [0.3, 0.4) is 0 Å². The van der Waals surface area contributed by atoms with Gasteiger partial charge in [0.1, 0.15) is 0 Å². The minimum atomic E-state index is 0.0478. The Labute approximate surface area is 301 Å². The van der Waals surface area contributed by atoms with Gasteiger partial charge in [-0.05, 0) is 108 Å². The van der Waals surface area contributed by atoms with E-state index in [1.807, 2.05) is 0 Å². The number of benzene rings is 2. The summed E-state index contributed by atoms with van der Waals surface area (Å²) in [6, 6.07) is 10.0. The van der Waals surface area contributed by atoms with E-state index in [1.165, 1.54) is 97.2 Å². The third kappa shape index (κ3) is 10.4. The van der Waals surface area contributed by atoms with Gasteiger partial charge in [-0.25, -0.2) is 0 Å². The molecule has 48 heavy (non-hydrogen) atoms. The molecule has 0 saturated heterocycles. The van der Waals surface area contributed by atoms with Crippen LogP contribution in [0, 0.1) is 0 Å². The monoisotopic (exact) mass is 684 g/mol. The highest BCUT2D eigenvalue weighted by molar-refractivity contribution is 7.47. The van der Waals surface area contributed by atoms with E-state index in [2.05, 4.69) is 160 Å². The van der Waals surface area contributed by atoms with Crippen LogP contribution in [-0.4, -0.2) is 10.9 Å². The number of hydrogen-bond donors (Lipinski definition) is 0. The predicted molar refractivity (Wildman–Crippen MR) is 223 cm³/mol. The summed E-state index contributed by atoms with van der Waals surface area (Å²) in [4.78, 5) is 0. The molecule has 1 saturated carbocycles. The summed E-state index contributed by atoms with van der Waals surface area (Å²) >= 11 is 0. The van der Waals surface area contributed by atoms with E-state index in [4.69, 9.17) is 0 Å². The Balaban J connectivity index is 2.44. The first-order chi connectivity index (χ1) is 21.6. The predicted octanol–water partition coefficient (Wildman–Crippen LogP) is 13.3. The maximum Gasteiger partial charge on any atom is 0.0171 e. The molecule has 264 valence electrons. The molecule has 0 N–H and O–H groups in total. The van der Waals surface area contributed by atoms with Crippen molar-refractivity contribution in [3.05, 3.63) is 68.8 Å². The minimum absolute atomic E-state index is 0.0478. The maximum atomic E-state index is 4.08. The van der Waals surface area contributed by atoms with Crippen LogP contribution in [0.1, 0.15) is 197 Å². The quantitative estimate of drug-likeness (QED) is 0.276. The van der Waals surface area contributed by atoms with Crippen LogP contribution in [0.25, 0.3) is 0 Å². The highest BCUT2D eigenvalue weighted by Gasteiger charge is 2.30. The molecule has 0 radical (unpaired) electrons. The SMILES string of the molecule is CC(C)(C)c1cc(C(C)(C)C)c(P=C=C2CCCCCCC2=C=Pc2c(C(C)(C)C)cc(C(C)(C)C)cc2C(C)(C)C)c(C(C)(C)C)c1. The molecule has 1 aliphatic rings. The Hall–Kier alpha value is -1.66. The highest BCUT2D eigenvalue weighted by atomic mass is 31.1. The van der Waals surface area contributed by atoms with Crippen molar-refractivity contribution in [2.75, 3.05) is 0 Å². The lowest BCUT2D eigenvalue weighted by Crippen LogP contribution is -2.29. The molecular weight excluding hydrogens is 614 g/mol. The molecule has 0 spiro atoms. The van der Waals surface area contributed by atoms with Gasteiger partial charge >= 0.3 is 0 Å².